The Kier molecular flexibility index (Phi) is 4.46. The van der Waals surface area contributed by atoms with Gasteiger partial charge in [0.25, 0.3) is 5.91 Å². The van der Waals surface area contributed by atoms with E-state index in [1.807, 2.05) is 17.8 Å². The molecule has 0 spiro atoms. The smallest absolute Gasteiger partial charge is 0.251 e. The van der Waals surface area contributed by atoms with Crippen molar-refractivity contribution >= 4 is 23.4 Å². The summed E-state index contributed by atoms with van der Waals surface area (Å²) in [6.07, 6.45) is 8.38. The molecule has 1 amide bonds. The van der Waals surface area contributed by atoms with E-state index in [1.54, 1.807) is 0 Å². The van der Waals surface area contributed by atoms with Gasteiger partial charge in [-0.1, -0.05) is 0 Å². The average Bonchev–Trinajstić information content (AvgIpc) is 2.66. The van der Waals surface area contributed by atoms with Crippen LogP contribution >= 0.6 is 11.8 Å². The van der Waals surface area contributed by atoms with Crippen molar-refractivity contribution < 1.29 is 4.79 Å². The van der Waals surface area contributed by atoms with Gasteiger partial charge in [0.1, 0.15) is 0 Å². The largest absolute Gasteiger partial charge is 0.370 e. The Hall–Kier alpha value is -1.16. The van der Waals surface area contributed by atoms with Crippen molar-refractivity contribution in [2.75, 3.05) is 23.7 Å². The summed E-state index contributed by atoms with van der Waals surface area (Å²) in [5.74, 6) is 4.03. The Balaban J connectivity index is 1.33. The molecular formula is C23H32N2OS. The number of nitrogens with zero attached hydrogens (tertiary/aromatic N) is 1. The van der Waals surface area contributed by atoms with Gasteiger partial charge in [0.2, 0.25) is 0 Å². The van der Waals surface area contributed by atoms with Crippen molar-refractivity contribution in [1.29, 1.82) is 0 Å². The second-order valence-corrected chi connectivity index (χ2v) is 10.7. The van der Waals surface area contributed by atoms with Crippen LogP contribution in [-0.4, -0.2) is 30.8 Å². The predicted molar refractivity (Wildman–Crippen MR) is 113 cm³/mol. The molecule has 1 N–H and O–H groups in total. The standard InChI is InChI=1S/C23H32N2OS/c1-3-25-6-7-27-21-5-4-19(11-20(21)25)22(26)24-15(2)23-12-16-8-17(13-23)10-18(9-16)14-23/h4-5,11,15-18H,3,6-10,12-14H2,1-2H3,(H,24,26). The van der Waals surface area contributed by atoms with E-state index in [9.17, 15) is 4.79 Å². The first-order valence-corrected chi connectivity index (χ1v) is 11.9. The fourth-order valence-corrected chi connectivity index (χ4v) is 7.92. The first kappa shape index (κ1) is 17.9. The first-order valence-electron chi connectivity index (χ1n) is 10.9. The van der Waals surface area contributed by atoms with E-state index in [2.05, 4.69) is 36.2 Å². The minimum atomic E-state index is 0.118. The van der Waals surface area contributed by atoms with Crippen LogP contribution in [0.1, 0.15) is 62.7 Å². The van der Waals surface area contributed by atoms with Gasteiger partial charge in [0.15, 0.2) is 0 Å². The van der Waals surface area contributed by atoms with Gasteiger partial charge in [-0.3, -0.25) is 4.79 Å². The normalized spacial score (nSPS) is 35.0. The third kappa shape index (κ3) is 3.08. The van der Waals surface area contributed by atoms with Gasteiger partial charge in [-0.2, -0.15) is 0 Å². The number of hydrogen-bond acceptors (Lipinski definition) is 3. The SMILES string of the molecule is CCN1CCSc2ccc(C(=O)NC(C)C34CC5CC(CC(C5)C3)C4)cc21. The van der Waals surface area contributed by atoms with E-state index in [0.717, 1.165) is 42.2 Å². The lowest BCUT2D eigenvalue weighted by atomic mass is 9.48. The zero-order chi connectivity index (χ0) is 18.6. The fourth-order valence-electron chi connectivity index (χ4n) is 6.88. The van der Waals surface area contributed by atoms with Gasteiger partial charge in [-0.15, -0.1) is 11.8 Å². The van der Waals surface area contributed by atoms with Gasteiger partial charge < -0.3 is 10.2 Å². The molecular weight excluding hydrogens is 352 g/mol. The maximum Gasteiger partial charge on any atom is 0.251 e. The summed E-state index contributed by atoms with van der Waals surface area (Å²) in [6, 6.07) is 6.57. The highest BCUT2D eigenvalue weighted by Crippen LogP contribution is 2.61. The number of fused-ring (bicyclic) bond motifs is 1. The van der Waals surface area contributed by atoms with Gasteiger partial charge >= 0.3 is 0 Å². The molecule has 1 unspecified atom stereocenters. The van der Waals surface area contributed by atoms with Crippen LogP contribution in [0.15, 0.2) is 23.1 Å². The monoisotopic (exact) mass is 384 g/mol. The van der Waals surface area contributed by atoms with Crippen LogP contribution < -0.4 is 10.2 Å². The van der Waals surface area contributed by atoms with E-state index in [-0.39, 0.29) is 11.9 Å². The van der Waals surface area contributed by atoms with Gasteiger partial charge in [0, 0.05) is 35.3 Å². The third-order valence-corrected chi connectivity index (χ3v) is 8.96. The van der Waals surface area contributed by atoms with E-state index < -0.39 is 0 Å². The zero-order valence-corrected chi connectivity index (χ0v) is 17.5. The maximum atomic E-state index is 13.1. The molecule has 1 aliphatic heterocycles. The second kappa shape index (κ2) is 6.72. The number of carbonyl (C=O) groups excluding carboxylic acids is 1. The summed E-state index contributed by atoms with van der Waals surface area (Å²) < 4.78 is 0. The molecule has 5 aliphatic rings. The Morgan fingerprint density at radius 3 is 2.52 bits per heavy atom. The molecule has 3 nitrogen and oxygen atoms in total. The highest BCUT2D eigenvalue weighted by atomic mass is 32.2. The fraction of sp³-hybridized carbons (Fsp3) is 0.696. The second-order valence-electron chi connectivity index (χ2n) is 9.59. The minimum Gasteiger partial charge on any atom is -0.370 e. The Morgan fingerprint density at radius 1 is 1.22 bits per heavy atom. The topological polar surface area (TPSA) is 32.3 Å². The van der Waals surface area contributed by atoms with E-state index in [4.69, 9.17) is 0 Å². The lowest BCUT2D eigenvalue weighted by Crippen LogP contribution is -2.55. The predicted octanol–water partition coefficient (Wildman–Crippen LogP) is 4.95. The van der Waals surface area contributed by atoms with Crippen LogP contribution in [0.2, 0.25) is 0 Å². The number of benzene rings is 1. The summed E-state index contributed by atoms with van der Waals surface area (Å²) >= 11 is 1.91. The highest BCUT2D eigenvalue weighted by Gasteiger charge is 2.53. The summed E-state index contributed by atoms with van der Waals surface area (Å²) in [4.78, 5) is 16.8. The van der Waals surface area contributed by atoms with Crippen molar-refractivity contribution in [1.82, 2.24) is 5.32 Å². The summed E-state index contributed by atoms with van der Waals surface area (Å²) in [5, 5.41) is 3.43. The van der Waals surface area contributed by atoms with Crippen molar-refractivity contribution in [3.05, 3.63) is 23.8 Å². The Bertz CT molecular complexity index is 711. The maximum absolute atomic E-state index is 13.1. The molecule has 1 atom stereocenters. The molecule has 4 fully saturated rings. The zero-order valence-electron chi connectivity index (χ0n) is 16.7. The highest BCUT2D eigenvalue weighted by molar-refractivity contribution is 7.99. The number of amides is 1. The summed E-state index contributed by atoms with van der Waals surface area (Å²) in [7, 11) is 0. The lowest BCUT2D eigenvalue weighted by Gasteiger charge is -2.59. The molecule has 1 heterocycles. The molecule has 27 heavy (non-hydrogen) atoms. The Labute approximate surface area is 167 Å². The molecule has 4 aliphatic carbocycles. The molecule has 0 aromatic heterocycles. The molecule has 0 radical (unpaired) electrons. The van der Waals surface area contributed by atoms with Crippen LogP contribution in [0.25, 0.3) is 0 Å². The van der Waals surface area contributed by atoms with E-state index in [0.29, 0.717) is 5.41 Å². The molecule has 4 saturated carbocycles. The molecule has 6 rings (SSSR count). The molecule has 1 aromatic carbocycles. The van der Waals surface area contributed by atoms with Crippen molar-refractivity contribution in [3.8, 4) is 0 Å². The van der Waals surface area contributed by atoms with E-state index in [1.165, 1.54) is 49.1 Å². The van der Waals surface area contributed by atoms with Crippen LogP contribution in [-0.2, 0) is 0 Å². The molecule has 0 saturated heterocycles. The number of nitrogens with one attached hydrogen (secondary N) is 1. The van der Waals surface area contributed by atoms with Crippen molar-refractivity contribution in [2.24, 2.45) is 23.2 Å². The molecule has 4 heteroatoms. The summed E-state index contributed by atoms with van der Waals surface area (Å²) in [6.45, 7) is 6.55. The van der Waals surface area contributed by atoms with Crippen LogP contribution in [0.3, 0.4) is 0 Å². The molecule has 146 valence electrons. The van der Waals surface area contributed by atoms with Crippen molar-refractivity contribution in [3.63, 3.8) is 0 Å². The van der Waals surface area contributed by atoms with Crippen LogP contribution in [0, 0.1) is 23.2 Å². The Morgan fingerprint density at radius 2 is 1.89 bits per heavy atom. The number of carbonyl (C=O) groups is 1. The quantitative estimate of drug-likeness (QED) is 0.797. The first-order chi connectivity index (χ1) is 13.1. The number of thioether (sulfide) groups is 1. The van der Waals surface area contributed by atoms with E-state index >= 15 is 0 Å². The summed E-state index contributed by atoms with van der Waals surface area (Å²) in [5.41, 5.74) is 2.43. The number of rotatable bonds is 4. The van der Waals surface area contributed by atoms with Gasteiger partial charge in [-0.05, 0) is 93.7 Å². The number of hydrogen-bond donors (Lipinski definition) is 1. The van der Waals surface area contributed by atoms with Crippen LogP contribution in [0.5, 0.6) is 0 Å². The minimum absolute atomic E-state index is 0.118. The lowest BCUT2D eigenvalue weighted by molar-refractivity contribution is -0.0688. The number of anilines is 1. The van der Waals surface area contributed by atoms with Gasteiger partial charge in [0.05, 0.1) is 5.69 Å². The molecule has 1 aromatic rings. The average molecular weight is 385 g/mol. The van der Waals surface area contributed by atoms with Crippen molar-refractivity contribution in [2.45, 2.75) is 63.3 Å². The third-order valence-electron chi connectivity index (χ3n) is 7.91. The molecule has 4 bridgehead atoms. The van der Waals surface area contributed by atoms with Gasteiger partial charge in [-0.25, -0.2) is 0 Å². The van der Waals surface area contributed by atoms with Crippen LogP contribution in [0.4, 0.5) is 5.69 Å².